The van der Waals surface area contributed by atoms with Crippen LogP contribution in [0.2, 0.25) is 0 Å². The molecular formula is C18H12N6OS2. The molecule has 0 aliphatic carbocycles. The number of hydrogen-bond donors (Lipinski definition) is 1. The summed E-state index contributed by atoms with van der Waals surface area (Å²) in [6.45, 7) is 4.27. The fourth-order valence-electron chi connectivity index (χ4n) is 2.95. The Morgan fingerprint density at radius 1 is 1.22 bits per heavy atom. The van der Waals surface area contributed by atoms with Crippen LogP contribution in [-0.2, 0) is 0 Å². The topological polar surface area (TPSA) is 85.6 Å². The average molecular weight is 392 g/mol. The molecule has 7 nitrogen and oxygen atoms in total. The van der Waals surface area contributed by atoms with Gasteiger partial charge in [-0.3, -0.25) is 9.36 Å². The SMILES string of the molecule is C=CCNc1ncnc2sc3c(=O)n(-c4ccc5scnc5c4)cnc3c12. The number of aromatic nitrogens is 5. The summed E-state index contributed by atoms with van der Waals surface area (Å²) in [6.07, 6.45) is 4.78. The van der Waals surface area contributed by atoms with E-state index in [0.717, 1.165) is 26.1 Å². The number of nitrogens with zero attached hydrogens (tertiary/aromatic N) is 5. The van der Waals surface area contributed by atoms with Gasteiger partial charge in [0.2, 0.25) is 0 Å². The van der Waals surface area contributed by atoms with Gasteiger partial charge in [0.15, 0.2) is 0 Å². The lowest BCUT2D eigenvalue weighted by atomic mass is 10.3. The molecule has 0 aliphatic heterocycles. The second kappa shape index (κ2) is 6.22. The van der Waals surface area contributed by atoms with Crippen LogP contribution in [0.5, 0.6) is 0 Å². The van der Waals surface area contributed by atoms with Crippen LogP contribution in [0.1, 0.15) is 0 Å². The van der Waals surface area contributed by atoms with Crippen molar-refractivity contribution in [3.05, 3.63) is 59.4 Å². The number of thiophene rings is 1. The molecule has 0 radical (unpaired) electrons. The van der Waals surface area contributed by atoms with Gasteiger partial charge in [-0.05, 0) is 18.2 Å². The zero-order chi connectivity index (χ0) is 18.4. The summed E-state index contributed by atoms with van der Waals surface area (Å²) < 4.78 is 3.17. The van der Waals surface area contributed by atoms with E-state index in [-0.39, 0.29) is 5.56 Å². The molecule has 0 atom stereocenters. The van der Waals surface area contributed by atoms with Gasteiger partial charge in [0.25, 0.3) is 5.56 Å². The predicted molar refractivity (Wildman–Crippen MR) is 110 cm³/mol. The molecule has 5 rings (SSSR count). The van der Waals surface area contributed by atoms with Crippen molar-refractivity contribution in [2.45, 2.75) is 0 Å². The molecule has 0 unspecified atom stereocenters. The summed E-state index contributed by atoms with van der Waals surface area (Å²) in [4.78, 5) is 31.3. The van der Waals surface area contributed by atoms with Crippen molar-refractivity contribution in [3.8, 4) is 5.69 Å². The maximum absolute atomic E-state index is 13.1. The van der Waals surface area contributed by atoms with E-state index in [4.69, 9.17) is 0 Å². The van der Waals surface area contributed by atoms with Crippen molar-refractivity contribution >= 4 is 59.1 Å². The van der Waals surface area contributed by atoms with Crippen molar-refractivity contribution in [3.63, 3.8) is 0 Å². The van der Waals surface area contributed by atoms with Crippen LogP contribution in [0, 0.1) is 0 Å². The minimum absolute atomic E-state index is 0.132. The molecule has 27 heavy (non-hydrogen) atoms. The molecule has 0 bridgehead atoms. The highest BCUT2D eigenvalue weighted by atomic mass is 32.1. The summed E-state index contributed by atoms with van der Waals surface area (Å²) in [7, 11) is 0. The first-order valence-corrected chi connectivity index (χ1v) is 9.79. The van der Waals surface area contributed by atoms with E-state index in [2.05, 4.69) is 31.8 Å². The van der Waals surface area contributed by atoms with Crippen molar-refractivity contribution in [1.29, 1.82) is 0 Å². The van der Waals surface area contributed by atoms with Gasteiger partial charge in [0, 0.05) is 6.54 Å². The molecule has 0 amide bonds. The summed E-state index contributed by atoms with van der Waals surface area (Å²) in [6, 6.07) is 5.76. The number of fused-ring (bicyclic) bond motifs is 4. The minimum Gasteiger partial charge on any atom is -0.366 e. The molecule has 1 aromatic carbocycles. The third-order valence-electron chi connectivity index (χ3n) is 4.18. The van der Waals surface area contributed by atoms with Crippen molar-refractivity contribution in [1.82, 2.24) is 24.5 Å². The summed E-state index contributed by atoms with van der Waals surface area (Å²) >= 11 is 2.89. The Balaban J connectivity index is 1.74. The van der Waals surface area contributed by atoms with E-state index in [9.17, 15) is 4.79 Å². The number of anilines is 1. The first-order chi connectivity index (χ1) is 13.3. The molecular weight excluding hydrogens is 380 g/mol. The fourth-order valence-corrected chi connectivity index (χ4v) is 4.63. The van der Waals surface area contributed by atoms with Crippen LogP contribution in [0.25, 0.3) is 36.3 Å². The Bertz CT molecular complexity index is 1380. The Morgan fingerprint density at radius 2 is 2.15 bits per heavy atom. The van der Waals surface area contributed by atoms with Crippen LogP contribution < -0.4 is 10.9 Å². The average Bonchev–Trinajstić information content (AvgIpc) is 3.31. The van der Waals surface area contributed by atoms with E-state index >= 15 is 0 Å². The number of thiazole rings is 1. The van der Waals surface area contributed by atoms with E-state index < -0.39 is 0 Å². The Morgan fingerprint density at radius 3 is 3.04 bits per heavy atom. The van der Waals surface area contributed by atoms with Crippen LogP contribution in [0.3, 0.4) is 0 Å². The third-order valence-corrected chi connectivity index (χ3v) is 6.07. The van der Waals surface area contributed by atoms with Crippen LogP contribution in [0.15, 0.2) is 53.8 Å². The molecule has 9 heteroatoms. The number of hydrogen-bond acceptors (Lipinski definition) is 8. The van der Waals surface area contributed by atoms with Gasteiger partial charge >= 0.3 is 0 Å². The molecule has 0 saturated carbocycles. The van der Waals surface area contributed by atoms with E-state index in [1.807, 2.05) is 18.2 Å². The molecule has 0 spiro atoms. The van der Waals surface area contributed by atoms with Crippen molar-refractivity contribution in [2.75, 3.05) is 11.9 Å². The zero-order valence-electron chi connectivity index (χ0n) is 13.9. The lowest BCUT2D eigenvalue weighted by Crippen LogP contribution is -2.17. The molecule has 5 aromatic rings. The maximum Gasteiger partial charge on any atom is 0.275 e. The standard InChI is InChI=1S/C18H12N6OS2/c1-2-5-19-16-13-14-15(27-17(13)21-7-20-16)18(25)24(8-22-14)10-3-4-12-11(6-10)23-9-26-12/h2-4,6-9H,1,5H2,(H,19,20,21). The Hall–Kier alpha value is -3.17. The van der Waals surface area contributed by atoms with Gasteiger partial charge in [-0.2, -0.15) is 0 Å². The van der Waals surface area contributed by atoms with Crippen molar-refractivity contribution in [2.24, 2.45) is 0 Å². The van der Waals surface area contributed by atoms with Crippen LogP contribution >= 0.6 is 22.7 Å². The molecule has 0 aliphatic rings. The molecule has 4 heterocycles. The summed E-state index contributed by atoms with van der Waals surface area (Å²) in [5.74, 6) is 0.652. The Kier molecular flexibility index (Phi) is 3.69. The predicted octanol–water partition coefficient (Wildman–Crippen LogP) is 3.60. The van der Waals surface area contributed by atoms with E-state index in [1.165, 1.54) is 17.7 Å². The number of rotatable bonds is 4. The normalized spacial score (nSPS) is 11.4. The quantitative estimate of drug-likeness (QED) is 0.470. The van der Waals surface area contributed by atoms with E-state index in [0.29, 0.717) is 22.6 Å². The van der Waals surface area contributed by atoms with Crippen LogP contribution in [0.4, 0.5) is 5.82 Å². The van der Waals surface area contributed by atoms with Gasteiger partial charge in [-0.1, -0.05) is 6.08 Å². The summed E-state index contributed by atoms with van der Waals surface area (Å²) in [5.41, 5.74) is 3.87. The summed E-state index contributed by atoms with van der Waals surface area (Å²) in [5, 5.41) is 3.94. The Labute approximate surface area is 160 Å². The second-order valence-corrected chi connectivity index (χ2v) is 7.66. The third kappa shape index (κ3) is 2.51. The smallest absolute Gasteiger partial charge is 0.275 e. The lowest BCUT2D eigenvalue weighted by Gasteiger charge is -2.06. The van der Waals surface area contributed by atoms with Gasteiger partial charge in [0.1, 0.15) is 33.5 Å². The zero-order valence-corrected chi connectivity index (χ0v) is 15.5. The molecule has 1 N–H and O–H groups in total. The highest BCUT2D eigenvalue weighted by Gasteiger charge is 2.17. The van der Waals surface area contributed by atoms with Crippen molar-refractivity contribution < 1.29 is 0 Å². The van der Waals surface area contributed by atoms with Gasteiger partial charge in [-0.15, -0.1) is 29.3 Å². The van der Waals surface area contributed by atoms with Gasteiger partial charge < -0.3 is 5.32 Å². The molecule has 4 aromatic heterocycles. The maximum atomic E-state index is 13.1. The first-order valence-electron chi connectivity index (χ1n) is 8.09. The van der Waals surface area contributed by atoms with Gasteiger partial charge in [-0.25, -0.2) is 19.9 Å². The van der Waals surface area contributed by atoms with Gasteiger partial charge in [0.05, 0.1) is 26.8 Å². The molecule has 0 saturated heterocycles. The minimum atomic E-state index is -0.132. The molecule has 132 valence electrons. The van der Waals surface area contributed by atoms with Crippen LogP contribution in [-0.4, -0.2) is 31.0 Å². The number of nitrogens with one attached hydrogen (secondary N) is 1. The largest absolute Gasteiger partial charge is 0.366 e. The highest BCUT2D eigenvalue weighted by Crippen LogP contribution is 2.33. The van der Waals surface area contributed by atoms with E-state index in [1.54, 1.807) is 33.8 Å². The fraction of sp³-hybridized carbons (Fsp3) is 0.0556. The lowest BCUT2D eigenvalue weighted by molar-refractivity contribution is 0.969. The second-order valence-electron chi connectivity index (χ2n) is 5.78. The number of benzene rings is 1. The monoisotopic (exact) mass is 392 g/mol. The molecule has 0 fully saturated rings. The first kappa shape index (κ1) is 16.0. The highest BCUT2D eigenvalue weighted by molar-refractivity contribution is 7.25.